The van der Waals surface area contributed by atoms with E-state index < -0.39 is 0 Å². The molecule has 1 aromatic carbocycles. The monoisotopic (exact) mass is 371 g/mol. The summed E-state index contributed by atoms with van der Waals surface area (Å²) in [6, 6.07) is 11.7. The van der Waals surface area contributed by atoms with E-state index in [1.807, 2.05) is 11.3 Å². The zero-order chi connectivity index (χ0) is 18.1. The van der Waals surface area contributed by atoms with E-state index in [1.165, 1.54) is 41.9 Å². The van der Waals surface area contributed by atoms with Gasteiger partial charge >= 0.3 is 0 Å². The first-order chi connectivity index (χ1) is 12.6. The van der Waals surface area contributed by atoms with Gasteiger partial charge in [-0.2, -0.15) is 0 Å². The van der Waals surface area contributed by atoms with Crippen LogP contribution in [0.5, 0.6) is 5.75 Å². The highest BCUT2D eigenvalue weighted by Gasteiger charge is 2.48. The summed E-state index contributed by atoms with van der Waals surface area (Å²) in [5, 5.41) is 2.19. The van der Waals surface area contributed by atoms with E-state index in [-0.39, 0.29) is 5.41 Å². The Bertz CT molecular complexity index is 745. The van der Waals surface area contributed by atoms with Gasteiger partial charge in [0.05, 0.1) is 0 Å². The minimum absolute atomic E-state index is 0.240. The molecule has 3 atom stereocenters. The van der Waals surface area contributed by atoms with Gasteiger partial charge in [-0.25, -0.2) is 0 Å². The van der Waals surface area contributed by atoms with Crippen molar-refractivity contribution in [2.75, 3.05) is 27.0 Å². The van der Waals surface area contributed by atoms with Crippen molar-refractivity contribution in [3.8, 4) is 5.75 Å². The van der Waals surface area contributed by atoms with Crippen LogP contribution in [0, 0.1) is 5.92 Å². The van der Waals surface area contributed by atoms with E-state index in [0.29, 0.717) is 18.8 Å². The van der Waals surface area contributed by atoms with E-state index in [4.69, 9.17) is 9.47 Å². The van der Waals surface area contributed by atoms with Gasteiger partial charge in [0.1, 0.15) is 5.75 Å². The van der Waals surface area contributed by atoms with Crippen molar-refractivity contribution >= 4 is 11.3 Å². The summed E-state index contributed by atoms with van der Waals surface area (Å²) in [6.07, 6.45) is 3.55. The second-order valence-electron chi connectivity index (χ2n) is 7.96. The number of likely N-dealkylation sites (tertiary alicyclic amines) is 1. The molecule has 2 aromatic rings. The molecular formula is C22H29NO2S. The fourth-order valence-electron chi connectivity index (χ4n) is 4.89. The molecule has 0 saturated carbocycles. The Morgan fingerprint density at radius 2 is 2.19 bits per heavy atom. The summed E-state index contributed by atoms with van der Waals surface area (Å²) >= 11 is 1.88. The molecule has 0 amide bonds. The molecule has 0 N–H and O–H groups in total. The summed E-state index contributed by atoms with van der Waals surface area (Å²) in [5.74, 6) is 1.59. The largest absolute Gasteiger partial charge is 0.468 e. The average molecular weight is 372 g/mol. The standard InChI is InChI=1S/C22H29NO2S/c1-16-21-13-17-6-7-18(25-15-24-3)14-20(17)22(16,2)9-11-23(21)10-8-19-5-4-12-26-19/h4-7,12,14,16,21H,8-11,13,15H2,1-3H3. The third-order valence-electron chi connectivity index (χ3n) is 6.66. The number of piperidine rings is 1. The highest BCUT2D eigenvalue weighted by molar-refractivity contribution is 7.09. The predicted octanol–water partition coefficient (Wildman–Crippen LogP) is 4.50. The van der Waals surface area contributed by atoms with Gasteiger partial charge in [0, 0.05) is 24.6 Å². The van der Waals surface area contributed by atoms with Crippen LogP contribution in [-0.4, -0.2) is 37.9 Å². The maximum absolute atomic E-state index is 5.71. The topological polar surface area (TPSA) is 21.7 Å². The predicted molar refractivity (Wildman–Crippen MR) is 107 cm³/mol. The van der Waals surface area contributed by atoms with Gasteiger partial charge in [0.25, 0.3) is 0 Å². The van der Waals surface area contributed by atoms with Crippen molar-refractivity contribution in [3.63, 3.8) is 0 Å². The van der Waals surface area contributed by atoms with Crippen LogP contribution in [0.25, 0.3) is 0 Å². The van der Waals surface area contributed by atoms with Crippen molar-refractivity contribution in [1.29, 1.82) is 0 Å². The van der Waals surface area contributed by atoms with Gasteiger partial charge in [0.2, 0.25) is 0 Å². The lowest BCUT2D eigenvalue weighted by Gasteiger charge is -2.54. The zero-order valence-corrected chi connectivity index (χ0v) is 16.8. The van der Waals surface area contributed by atoms with Gasteiger partial charge in [-0.05, 0) is 71.8 Å². The Morgan fingerprint density at radius 3 is 2.96 bits per heavy atom. The molecule has 2 heterocycles. The lowest BCUT2D eigenvalue weighted by atomic mass is 9.59. The average Bonchev–Trinajstić information content (AvgIpc) is 3.16. The number of rotatable bonds is 6. The number of ether oxygens (including phenoxy) is 2. The van der Waals surface area contributed by atoms with E-state index in [9.17, 15) is 0 Å². The minimum atomic E-state index is 0.240. The minimum Gasteiger partial charge on any atom is -0.468 e. The zero-order valence-electron chi connectivity index (χ0n) is 16.0. The lowest BCUT2D eigenvalue weighted by molar-refractivity contribution is 0.0312. The van der Waals surface area contributed by atoms with E-state index >= 15 is 0 Å². The number of nitrogens with zero attached hydrogens (tertiary/aromatic N) is 1. The van der Waals surface area contributed by atoms with Gasteiger partial charge in [0.15, 0.2) is 6.79 Å². The normalized spacial score (nSPS) is 28.0. The Kier molecular flexibility index (Phi) is 5.09. The Balaban J connectivity index is 1.55. The number of fused-ring (bicyclic) bond motifs is 4. The summed E-state index contributed by atoms with van der Waals surface area (Å²) < 4.78 is 10.8. The summed E-state index contributed by atoms with van der Waals surface area (Å²) in [5.41, 5.74) is 3.23. The molecular weight excluding hydrogens is 342 g/mol. The molecule has 1 aliphatic heterocycles. The molecule has 0 spiro atoms. The van der Waals surface area contributed by atoms with Crippen LogP contribution in [0.1, 0.15) is 36.3 Å². The number of methoxy groups -OCH3 is 1. The molecule has 2 aliphatic rings. The fraction of sp³-hybridized carbons (Fsp3) is 0.545. The van der Waals surface area contributed by atoms with Gasteiger partial charge < -0.3 is 9.47 Å². The number of hydrogen-bond donors (Lipinski definition) is 0. The Hall–Kier alpha value is -1.36. The SMILES string of the molecule is COCOc1ccc2c(c1)C1(C)CCN(CCc3cccs3)C(C2)C1C. The quantitative estimate of drug-likeness (QED) is 0.698. The maximum Gasteiger partial charge on any atom is 0.188 e. The summed E-state index contributed by atoms with van der Waals surface area (Å²) in [4.78, 5) is 4.24. The second kappa shape index (κ2) is 7.34. The first kappa shape index (κ1) is 18.0. The van der Waals surface area contributed by atoms with Crippen molar-refractivity contribution in [1.82, 2.24) is 4.90 Å². The highest BCUT2D eigenvalue weighted by Crippen LogP contribution is 2.49. The molecule has 3 nitrogen and oxygen atoms in total. The summed E-state index contributed by atoms with van der Waals surface area (Å²) in [7, 11) is 1.66. The van der Waals surface area contributed by atoms with Gasteiger partial charge in [-0.15, -0.1) is 11.3 Å². The highest BCUT2D eigenvalue weighted by atomic mass is 32.1. The first-order valence-electron chi connectivity index (χ1n) is 9.63. The molecule has 1 aromatic heterocycles. The molecule has 4 rings (SSSR count). The van der Waals surface area contributed by atoms with Crippen LogP contribution in [0.3, 0.4) is 0 Å². The van der Waals surface area contributed by atoms with Crippen LogP contribution in [0.4, 0.5) is 0 Å². The van der Waals surface area contributed by atoms with E-state index in [2.05, 4.69) is 54.5 Å². The summed E-state index contributed by atoms with van der Waals surface area (Å²) in [6.45, 7) is 7.59. The molecule has 1 aliphatic carbocycles. The van der Waals surface area contributed by atoms with Crippen molar-refractivity contribution in [2.45, 2.75) is 44.6 Å². The van der Waals surface area contributed by atoms with Crippen LogP contribution in [0.15, 0.2) is 35.7 Å². The van der Waals surface area contributed by atoms with E-state index in [0.717, 1.165) is 12.2 Å². The molecule has 1 saturated heterocycles. The van der Waals surface area contributed by atoms with E-state index in [1.54, 1.807) is 7.11 Å². The van der Waals surface area contributed by atoms with Crippen LogP contribution < -0.4 is 4.74 Å². The Morgan fingerprint density at radius 1 is 1.31 bits per heavy atom. The molecule has 3 unspecified atom stereocenters. The third-order valence-corrected chi connectivity index (χ3v) is 7.60. The second-order valence-corrected chi connectivity index (χ2v) is 9.00. The number of hydrogen-bond acceptors (Lipinski definition) is 4. The smallest absolute Gasteiger partial charge is 0.188 e. The lowest BCUT2D eigenvalue weighted by Crippen LogP contribution is -2.58. The first-order valence-corrected chi connectivity index (χ1v) is 10.5. The van der Waals surface area contributed by atoms with Crippen LogP contribution >= 0.6 is 11.3 Å². The van der Waals surface area contributed by atoms with Crippen molar-refractivity contribution in [2.24, 2.45) is 5.92 Å². The molecule has 2 bridgehead atoms. The van der Waals surface area contributed by atoms with Crippen molar-refractivity contribution < 1.29 is 9.47 Å². The van der Waals surface area contributed by atoms with Crippen LogP contribution in [0.2, 0.25) is 0 Å². The molecule has 0 radical (unpaired) electrons. The molecule has 4 heteroatoms. The molecule has 26 heavy (non-hydrogen) atoms. The molecule has 1 fully saturated rings. The maximum atomic E-state index is 5.71. The number of benzene rings is 1. The van der Waals surface area contributed by atoms with Gasteiger partial charge in [-0.3, -0.25) is 4.90 Å². The number of thiophene rings is 1. The fourth-order valence-corrected chi connectivity index (χ4v) is 5.59. The van der Waals surface area contributed by atoms with Gasteiger partial charge in [-0.1, -0.05) is 26.0 Å². The third kappa shape index (κ3) is 3.19. The Labute approximate surface area is 160 Å². The van der Waals surface area contributed by atoms with Crippen LogP contribution in [-0.2, 0) is 23.0 Å². The van der Waals surface area contributed by atoms with Crippen molar-refractivity contribution in [3.05, 3.63) is 51.7 Å². The molecule has 140 valence electrons.